The maximum atomic E-state index is 12.0. The number of carbonyl (C=O) groups excluding carboxylic acids is 3. The van der Waals surface area contributed by atoms with E-state index in [0.29, 0.717) is 16.9 Å². The van der Waals surface area contributed by atoms with Crippen LogP contribution in [0.15, 0.2) is 36.5 Å². The van der Waals surface area contributed by atoms with E-state index < -0.39 is 17.7 Å². The number of fused-ring (bicyclic) bond motifs is 1. The summed E-state index contributed by atoms with van der Waals surface area (Å²) in [6.07, 6.45) is 1.38. The van der Waals surface area contributed by atoms with Gasteiger partial charge in [-0.1, -0.05) is 0 Å². The summed E-state index contributed by atoms with van der Waals surface area (Å²) < 4.78 is 0. The molecule has 0 spiro atoms. The molecule has 1 aliphatic heterocycles. The topological polar surface area (TPSA) is 114 Å². The number of hydrogen-bond donors (Lipinski definition) is 3. The number of nitrogen functional groups attached to an aromatic ring is 1. The van der Waals surface area contributed by atoms with Crippen LogP contribution in [0.3, 0.4) is 0 Å². The molecule has 7 nitrogen and oxygen atoms in total. The second-order valence-corrected chi connectivity index (χ2v) is 4.47. The van der Waals surface area contributed by atoms with Crippen molar-refractivity contribution < 1.29 is 14.4 Å². The number of aromatic nitrogens is 1. The van der Waals surface area contributed by atoms with Crippen molar-refractivity contribution in [2.24, 2.45) is 0 Å². The average Bonchev–Trinajstić information content (AvgIpc) is 2.74. The molecule has 1 aromatic heterocycles. The molecule has 0 unspecified atom stereocenters. The molecular weight excluding hydrogens is 272 g/mol. The fourth-order valence-electron chi connectivity index (χ4n) is 1.98. The van der Waals surface area contributed by atoms with E-state index in [-0.39, 0.29) is 11.3 Å². The lowest BCUT2D eigenvalue weighted by atomic mass is 10.1. The summed E-state index contributed by atoms with van der Waals surface area (Å²) in [6, 6.07) is 7.55. The van der Waals surface area contributed by atoms with Crippen molar-refractivity contribution in [3.63, 3.8) is 0 Å². The number of benzene rings is 1. The number of nitrogens with one attached hydrogen (secondary N) is 2. The van der Waals surface area contributed by atoms with Gasteiger partial charge in [0.05, 0.1) is 23.0 Å². The number of anilines is 2. The van der Waals surface area contributed by atoms with Crippen LogP contribution in [0.4, 0.5) is 11.4 Å². The molecule has 7 heteroatoms. The first-order chi connectivity index (χ1) is 10.0. The number of nitrogens with two attached hydrogens (primary N) is 1. The Morgan fingerprint density at radius 2 is 1.86 bits per heavy atom. The fraction of sp³-hybridized carbons (Fsp3) is 0. The molecule has 2 heterocycles. The summed E-state index contributed by atoms with van der Waals surface area (Å²) in [5.74, 6) is -1.34. The Kier molecular flexibility index (Phi) is 2.87. The number of imide groups is 1. The first-order valence-electron chi connectivity index (χ1n) is 6.07. The molecule has 104 valence electrons. The maximum Gasteiger partial charge on any atom is 0.274 e. The van der Waals surface area contributed by atoms with Gasteiger partial charge in [0.2, 0.25) is 0 Å². The van der Waals surface area contributed by atoms with Crippen molar-refractivity contribution >= 4 is 29.1 Å². The Balaban J connectivity index is 1.84. The minimum Gasteiger partial charge on any atom is -0.397 e. The molecule has 0 atom stereocenters. The summed E-state index contributed by atoms with van der Waals surface area (Å²) >= 11 is 0. The lowest BCUT2D eigenvalue weighted by Gasteiger charge is -2.06. The molecule has 3 amide bonds. The molecule has 1 aliphatic rings. The minimum atomic E-state index is -0.475. The van der Waals surface area contributed by atoms with Gasteiger partial charge in [0.1, 0.15) is 5.69 Å². The summed E-state index contributed by atoms with van der Waals surface area (Å²) in [4.78, 5) is 38.9. The minimum absolute atomic E-state index is 0.199. The highest BCUT2D eigenvalue weighted by Crippen LogP contribution is 2.20. The van der Waals surface area contributed by atoms with Crippen LogP contribution in [-0.4, -0.2) is 22.7 Å². The van der Waals surface area contributed by atoms with E-state index >= 15 is 0 Å². The van der Waals surface area contributed by atoms with Crippen molar-refractivity contribution in [2.75, 3.05) is 11.1 Å². The Morgan fingerprint density at radius 1 is 1.10 bits per heavy atom. The van der Waals surface area contributed by atoms with Crippen molar-refractivity contribution in [3.05, 3.63) is 53.3 Å². The molecule has 21 heavy (non-hydrogen) atoms. The van der Waals surface area contributed by atoms with Crippen molar-refractivity contribution in [1.29, 1.82) is 0 Å². The monoisotopic (exact) mass is 282 g/mol. The fourth-order valence-corrected chi connectivity index (χ4v) is 1.98. The lowest BCUT2D eigenvalue weighted by Crippen LogP contribution is -2.19. The van der Waals surface area contributed by atoms with Crippen LogP contribution in [0.2, 0.25) is 0 Å². The Hall–Kier alpha value is -3.22. The number of carbonyl (C=O) groups is 3. The van der Waals surface area contributed by atoms with Gasteiger partial charge >= 0.3 is 0 Å². The summed E-state index contributed by atoms with van der Waals surface area (Å²) in [7, 11) is 0. The van der Waals surface area contributed by atoms with Crippen molar-refractivity contribution in [2.45, 2.75) is 0 Å². The van der Waals surface area contributed by atoms with E-state index in [1.807, 2.05) is 0 Å². The highest BCUT2D eigenvalue weighted by Gasteiger charge is 2.26. The Labute approximate surface area is 119 Å². The van der Waals surface area contributed by atoms with E-state index in [1.54, 1.807) is 12.1 Å². The van der Waals surface area contributed by atoms with Crippen LogP contribution < -0.4 is 16.4 Å². The van der Waals surface area contributed by atoms with E-state index in [4.69, 9.17) is 5.73 Å². The van der Waals surface area contributed by atoms with Gasteiger partial charge in [-0.25, -0.2) is 4.98 Å². The quantitative estimate of drug-likeness (QED) is 0.705. The van der Waals surface area contributed by atoms with Gasteiger partial charge in [-0.3, -0.25) is 19.7 Å². The average molecular weight is 282 g/mol. The molecule has 0 fully saturated rings. The highest BCUT2D eigenvalue weighted by atomic mass is 16.2. The third-order valence-corrected chi connectivity index (χ3v) is 3.01. The zero-order valence-corrected chi connectivity index (χ0v) is 10.7. The largest absolute Gasteiger partial charge is 0.397 e. The summed E-state index contributed by atoms with van der Waals surface area (Å²) in [5.41, 5.74) is 7.09. The second kappa shape index (κ2) is 4.71. The zero-order chi connectivity index (χ0) is 15.0. The SMILES string of the molecule is Nc1ccc(C(=O)Nc2ccc3c(c2)C(=O)NC3=O)nc1. The number of nitrogens with zero attached hydrogens (tertiary/aromatic N) is 1. The second-order valence-electron chi connectivity index (χ2n) is 4.47. The third-order valence-electron chi connectivity index (χ3n) is 3.01. The molecule has 0 saturated heterocycles. The molecule has 0 aliphatic carbocycles. The third kappa shape index (κ3) is 2.32. The first kappa shape index (κ1) is 12.8. The van der Waals surface area contributed by atoms with Gasteiger partial charge in [-0.15, -0.1) is 0 Å². The van der Waals surface area contributed by atoms with Crippen molar-refractivity contribution in [3.8, 4) is 0 Å². The van der Waals surface area contributed by atoms with E-state index in [9.17, 15) is 14.4 Å². The van der Waals surface area contributed by atoms with Gasteiger partial charge in [0.15, 0.2) is 0 Å². The molecule has 2 aromatic rings. The normalized spacial score (nSPS) is 12.8. The Bertz CT molecular complexity index is 768. The predicted molar refractivity (Wildman–Crippen MR) is 74.8 cm³/mol. The van der Waals surface area contributed by atoms with Crippen LogP contribution in [0.5, 0.6) is 0 Å². The number of hydrogen-bond acceptors (Lipinski definition) is 5. The molecule has 4 N–H and O–H groups in total. The molecule has 1 aromatic carbocycles. The number of rotatable bonds is 2. The highest BCUT2D eigenvalue weighted by molar-refractivity contribution is 6.22. The van der Waals surface area contributed by atoms with Gasteiger partial charge in [0, 0.05) is 5.69 Å². The number of amides is 3. The van der Waals surface area contributed by atoms with E-state index in [0.717, 1.165) is 0 Å². The van der Waals surface area contributed by atoms with E-state index in [1.165, 1.54) is 24.4 Å². The molecule has 3 rings (SSSR count). The lowest BCUT2D eigenvalue weighted by molar-refractivity contribution is 0.0878. The van der Waals surface area contributed by atoms with Gasteiger partial charge in [-0.05, 0) is 30.3 Å². The molecular formula is C14H10N4O3. The van der Waals surface area contributed by atoms with Crippen LogP contribution in [-0.2, 0) is 0 Å². The maximum absolute atomic E-state index is 12.0. The zero-order valence-electron chi connectivity index (χ0n) is 10.7. The molecule has 0 bridgehead atoms. The van der Waals surface area contributed by atoms with Crippen molar-refractivity contribution in [1.82, 2.24) is 10.3 Å². The predicted octanol–water partition coefficient (Wildman–Crippen LogP) is 0.800. The molecule has 0 radical (unpaired) electrons. The van der Waals surface area contributed by atoms with Gasteiger partial charge in [-0.2, -0.15) is 0 Å². The molecule has 0 saturated carbocycles. The van der Waals surface area contributed by atoms with Gasteiger partial charge < -0.3 is 11.1 Å². The number of pyridine rings is 1. The first-order valence-corrected chi connectivity index (χ1v) is 6.07. The van der Waals surface area contributed by atoms with Crippen LogP contribution in [0.1, 0.15) is 31.2 Å². The summed E-state index contributed by atoms with van der Waals surface area (Å²) in [6.45, 7) is 0. The van der Waals surface area contributed by atoms with Crippen LogP contribution in [0, 0.1) is 0 Å². The van der Waals surface area contributed by atoms with Crippen LogP contribution >= 0.6 is 0 Å². The van der Waals surface area contributed by atoms with Gasteiger partial charge in [0.25, 0.3) is 17.7 Å². The standard InChI is InChI=1S/C14H10N4O3/c15-7-1-4-11(16-6-7)14(21)17-8-2-3-9-10(5-8)13(20)18-12(9)19/h1-6H,15H2,(H,17,21)(H,18,19,20). The smallest absolute Gasteiger partial charge is 0.274 e. The Morgan fingerprint density at radius 3 is 2.57 bits per heavy atom. The van der Waals surface area contributed by atoms with Crippen LogP contribution in [0.25, 0.3) is 0 Å². The summed E-state index contributed by atoms with van der Waals surface area (Å²) in [5, 5.41) is 4.79. The van der Waals surface area contributed by atoms with E-state index in [2.05, 4.69) is 15.6 Å².